The molecule has 0 atom stereocenters. The lowest BCUT2D eigenvalue weighted by Gasteiger charge is -2.20. The molecule has 5 aromatic rings. The van der Waals surface area contributed by atoms with E-state index >= 15 is 0 Å². The van der Waals surface area contributed by atoms with Gasteiger partial charge in [0.2, 0.25) is 11.7 Å². The molecule has 1 aliphatic rings. The number of hydrogen-bond acceptors (Lipinski definition) is 4. The summed E-state index contributed by atoms with van der Waals surface area (Å²) in [6.07, 6.45) is -3.70. The average molecular weight is 588 g/mol. The van der Waals surface area contributed by atoms with Crippen LogP contribution in [0.2, 0.25) is 0 Å². The summed E-state index contributed by atoms with van der Waals surface area (Å²) in [5, 5.41) is 12.9. The zero-order chi connectivity index (χ0) is 29.9. The van der Waals surface area contributed by atoms with Gasteiger partial charge in [-0.25, -0.2) is 9.37 Å². The number of H-pyrrole nitrogens is 1. The Kier molecular flexibility index (Phi) is 6.50. The van der Waals surface area contributed by atoms with Gasteiger partial charge in [-0.1, -0.05) is 22.9 Å². The topological polar surface area (TPSA) is 71.2 Å². The first-order chi connectivity index (χ1) is 19.9. The minimum Gasteiger partial charge on any atom is -0.333 e. The number of halogens is 7. The molecule has 1 fully saturated rings. The van der Waals surface area contributed by atoms with Gasteiger partial charge in [0.1, 0.15) is 34.6 Å². The summed E-state index contributed by atoms with van der Waals surface area (Å²) in [4.78, 5) is 7.77. The first-order valence-electron chi connectivity index (χ1n) is 13.0. The molecule has 0 radical (unpaired) electrons. The molecule has 1 aliphatic carbocycles. The van der Waals surface area contributed by atoms with Gasteiger partial charge in [0.25, 0.3) is 0 Å². The third-order valence-electron chi connectivity index (χ3n) is 7.78. The summed E-state index contributed by atoms with van der Waals surface area (Å²) in [6.45, 7) is 1.66. The molecule has 216 valence electrons. The Morgan fingerprint density at radius 3 is 2.31 bits per heavy atom. The molecule has 0 amide bonds. The third kappa shape index (κ3) is 4.76. The van der Waals surface area contributed by atoms with Crippen LogP contribution in [0.3, 0.4) is 0 Å². The van der Waals surface area contributed by atoms with E-state index in [0.717, 1.165) is 18.9 Å². The van der Waals surface area contributed by atoms with E-state index in [1.54, 1.807) is 42.2 Å². The van der Waals surface area contributed by atoms with Crippen molar-refractivity contribution >= 4 is 11.0 Å². The predicted octanol–water partition coefficient (Wildman–Crippen LogP) is 7.17. The molecule has 6 rings (SSSR count). The maximum absolute atomic E-state index is 14.1. The van der Waals surface area contributed by atoms with Crippen LogP contribution in [0.1, 0.15) is 48.1 Å². The number of hydrogen-bond donors (Lipinski definition) is 1. The average Bonchev–Trinajstić information content (AvgIpc) is 3.61. The molecule has 2 aromatic carbocycles. The van der Waals surface area contributed by atoms with Crippen molar-refractivity contribution in [3.05, 3.63) is 89.1 Å². The van der Waals surface area contributed by atoms with Gasteiger partial charge in [0, 0.05) is 24.0 Å². The van der Waals surface area contributed by atoms with Crippen molar-refractivity contribution in [1.82, 2.24) is 25.3 Å². The number of aromatic amines is 1. The van der Waals surface area contributed by atoms with Gasteiger partial charge < -0.3 is 4.98 Å². The first kappa shape index (κ1) is 27.7. The molecular weight excluding hydrogens is 565 g/mol. The minimum absolute atomic E-state index is 0.0857. The van der Waals surface area contributed by atoms with Crippen LogP contribution >= 0.6 is 0 Å². The molecule has 0 aliphatic heterocycles. The molecule has 42 heavy (non-hydrogen) atoms. The van der Waals surface area contributed by atoms with Gasteiger partial charge in [-0.3, -0.25) is 0 Å². The van der Waals surface area contributed by atoms with Crippen LogP contribution in [0.5, 0.6) is 0 Å². The van der Waals surface area contributed by atoms with E-state index in [4.69, 9.17) is 0 Å². The third-order valence-corrected chi connectivity index (χ3v) is 7.78. The Morgan fingerprint density at radius 2 is 1.64 bits per heavy atom. The summed E-state index contributed by atoms with van der Waals surface area (Å²) in [7, 11) is 0. The van der Waals surface area contributed by atoms with Crippen molar-refractivity contribution in [1.29, 1.82) is 0 Å². The predicted molar refractivity (Wildman–Crippen MR) is 137 cm³/mol. The molecular formula is C29H22F7N6+. The van der Waals surface area contributed by atoms with Crippen molar-refractivity contribution in [3.63, 3.8) is 0 Å². The summed E-state index contributed by atoms with van der Waals surface area (Å²) in [5.74, 6) is 0.120. The normalized spacial score (nSPS) is 15.4. The molecule has 1 N–H and O–H groups in total. The maximum Gasteiger partial charge on any atom is 0.417 e. The number of alkyl halides is 6. The number of nitrogens with one attached hydrogen (secondary N) is 1. The van der Waals surface area contributed by atoms with E-state index in [1.165, 1.54) is 12.1 Å². The van der Waals surface area contributed by atoms with E-state index in [2.05, 4.69) is 25.3 Å². The lowest BCUT2D eigenvalue weighted by atomic mass is 9.92. The number of fused-ring (bicyclic) bond motifs is 1. The number of rotatable bonds is 4. The Morgan fingerprint density at radius 1 is 0.881 bits per heavy atom. The van der Waals surface area contributed by atoms with Gasteiger partial charge >= 0.3 is 12.4 Å². The quantitative estimate of drug-likeness (QED) is 0.179. The van der Waals surface area contributed by atoms with Gasteiger partial charge in [0.05, 0.1) is 16.8 Å². The van der Waals surface area contributed by atoms with E-state index in [1.807, 2.05) is 0 Å². The summed E-state index contributed by atoms with van der Waals surface area (Å²) in [5.41, 5.74) is -1.60. The lowest BCUT2D eigenvalue weighted by molar-refractivity contribution is -0.804. The fourth-order valence-corrected chi connectivity index (χ4v) is 5.56. The smallest absolute Gasteiger partial charge is 0.333 e. The van der Waals surface area contributed by atoms with E-state index < -0.39 is 34.6 Å². The Hall–Kier alpha value is -4.42. The fraction of sp³-hybridized carbons (Fsp3) is 0.276. The highest BCUT2D eigenvalue weighted by Crippen LogP contribution is 2.41. The van der Waals surface area contributed by atoms with Crippen molar-refractivity contribution in [3.8, 4) is 22.6 Å². The Balaban J connectivity index is 1.39. The zero-order valence-corrected chi connectivity index (χ0v) is 22.0. The summed E-state index contributed by atoms with van der Waals surface area (Å²) in [6, 6.07) is 9.05. The van der Waals surface area contributed by atoms with E-state index in [-0.39, 0.29) is 17.6 Å². The number of aromatic nitrogens is 6. The van der Waals surface area contributed by atoms with Gasteiger partial charge in [-0.2, -0.15) is 26.3 Å². The van der Waals surface area contributed by atoms with Crippen LogP contribution < -0.4 is 4.68 Å². The molecule has 0 unspecified atom stereocenters. The standard InChI is InChI=1S/C29H21F7N6/c1-16-18(5-4-6-21(16)30)26-38-23-14-37-42(15-24(23)39-26)27(11-2-3-12-27)25-10-9-22(40-41-25)19-8-7-17(28(31,32)33)13-20(19)29(34,35)36/h4-10,13-15H,2-3,11-12H2,1H3/p+1. The second kappa shape index (κ2) is 9.85. The maximum atomic E-state index is 14.1. The van der Waals surface area contributed by atoms with Gasteiger partial charge in [-0.05, 0) is 60.8 Å². The highest BCUT2D eigenvalue weighted by molar-refractivity contribution is 5.78. The molecule has 0 spiro atoms. The van der Waals surface area contributed by atoms with Crippen LogP contribution in [0.15, 0.2) is 60.9 Å². The van der Waals surface area contributed by atoms with Crippen molar-refractivity contribution in [2.24, 2.45) is 0 Å². The Bertz CT molecular complexity index is 1790. The number of imidazole rings is 1. The number of benzene rings is 2. The molecule has 0 saturated heterocycles. The Labute approximate surface area is 234 Å². The van der Waals surface area contributed by atoms with Crippen LogP contribution in [0, 0.1) is 12.7 Å². The lowest BCUT2D eigenvalue weighted by Crippen LogP contribution is -2.58. The molecule has 3 aromatic heterocycles. The van der Waals surface area contributed by atoms with Crippen LogP contribution in [-0.2, 0) is 17.9 Å². The second-order valence-electron chi connectivity index (χ2n) is 10.3. The summed E-state index contributed by atoms with van der Waals surface area (Å²) < 4.78 is 96.4. The summed E-state index contributed by atoms with van der Waals surface area (Å²) >= 11 is 0. The SMILES string of the molecule is Cc1c(F)cccc1-c1nc2cn[n+](C3(c4ccc(-c5ccc(C(F)(F)F)cc5C(F)(F)F)nn4)CCCC3)cc2[nH]1. The second-order valence-corrected chi connectivity index (χ2v) is 10.3. The van der Waals surface area contributed by atoms with Crippen molar-refractivity contribution < 1.29 is 35.4 Å². The van der Waals surface area contributed by atoms with Gasteiger partial charge in [0.15, 0.2) is 0 Å². The minimum atomic E-state index is -5.04. The van der Waals surface area contributed by atoms with E-state index in [9.17, 15) is 30.7 Å². The first-order valence-corrected chi connectivity index (χ1v) is 13.0. The van der Waals surface area contributed by atoms with Crippen molar-refractivity contribution in [2.45, 2.75) is 50.5 Å². The molecule has 13 heteroatoms. The molecule has 1 saturated carbocycles. The molecule has 3 heterocycles. The largest absolute Gasteiger partial charge is 0.417 e. The van der Waals surface area contributed by atoms with Gasteiger partial charge in [-0.15, -0.1) is 10.2 Å². The molecule has 0 bridgehead atoms. The van der Waals surface area contributed by atoms with Crippen LogP contribution in [0.4, 0.5) is 30.7 Å². The van der Waals surface area contributed by atoms with Crippen molar-refractivity contribution in [2.75, 3.05) is 0 Å². The van der Waals surface area contributed by atoms with Crippen LogP contribution in [0.25, 0.3) is 33.7 Å². The van der Waals surface area contributed by atoms with Crippen LogP contribution in [-0.4, -0.2) is 25.3 Å². The number of nitrogens with zero attached hydrogens (tertiary/aromatic N) is 5. The monoisotopic (exact) mass is 587 g/mol. The zero-order valence-electron chi connectivity index (χ0n) is 22.0. The fourth-order valence-electron chi connectivity index (χ4n) is 5.56. The van der Waals surface area contributed by atoms with E-state index in [0.29, 0.717) is 52.6 Å². The highest BCUT2D eigenvalue weighted by atomic mass is 19.4. The molecule has 6 nitrogen and oxygen atoms in total. The highest BCUT2D eigenvalue weighted by Gasteiger charge is 2.48.